The Morgan fingerprint density at radius 1 is 0.943 bits per heavy atom. The molecular weight excluding hydrogens is 469 g/mol. The van der Waals surface area contributed by atoms with Gasteiger partial charge in [0.15, 0.2) is 0 Å². The first kappa shape index (κ1) is 24.3. The molecule has 0 amide bonds. The van der Waals surface area contributed by atoms with Gasteiger partial charge in [-0.3, -0.25) is 9.88 Å². The van der Waals surface area contributed by atoms with E-state index in [1.807, 2.05) is 6.20 Å². The van der Waals surface area contributed by atoms with Crippen molar-refractivity contribution in [3.05, 3.63) is 60.3 Å². The average molecular weight is 501 g/mol. The summed E-state index contributed by atoms with van der Waals surface area (Å²) in [5, 5.41) is 1.24. The van der Waals surface area contributed by atoms with E-state index < -0.39 is 5.51 Å². The molecule has 2 aromatic carbocycles. The van der Waals surface area contributed by atoms with Crippen LogP contribution in [0.4, 0.5) is 24.5 Å². The van der Waals surface area contributed by atoms with Crippen LogP contribution in [0.5, 0.6) is 0 Å². The predicted octanol–water partition coefficient (Wildman–Crippen LogP) is 6.90. The van der Waals surface area contributed by atoms with E-state index in [0.717, 1.165) is 37.4 Å². The van der Waals surface area contributed by atoms with E-state index in [9.17, 15) is 13.2 Å². The van der Waals surface area contributed by atoms with Crippen LogP contribution in [0.3, 0.4) is 0 Å². The third-order valence-electron chi connectivity index (χ3n) is 7.10. The second-order valence-electron chi connectivity index (χ2n) is 10.1. The van der Waals surface area contributed by atoms with Crippen LogP contribution in [0.1, 0.15) is 38.7 Å². The fourth-order valence-corrected chi connectivity index (χ4v) is 5.84. The lowest BCUT2D eigenvalue weighted by molar-refractivity contribution is -0.0328. The van der Waals surface area contributed by atoms with Crippen LogP contribution in [0.25, 0.3) is 10.9 Å². The number of aromatic nitrogens is 1. The molecule has 3 aromatic rings. The van der Waals surface area contributed by atoms with Crippen molar-refractivity contribution >= 4 is 34.0 Å². The van der Waals surface area contributed by atoms with E-state index in [-0.39, 0.29) is 22.2 Å². The van der Waals surface area contributed by atoms with Gasteiger partial charge in [-0.1, -0.05) is 6.07 Å². The largest absolute Gasteiger partial charge is 0.446 e. The predicted molar refractivity (Wildman–Crippen MR) is 138 cm³/mol. The number of rotatable bonds is 5. The van der Waals surface area contributed by atoms with Gasteiger partial charge in [-0.2, -0.15) is 13.2 Å². The van der Waals surface area contributed by atoms with Crippen LogP contribution in [-0.4, -0.2) is 47.2 Å². The van der Waals surface area contributed by atoms with Gasteiger partial charge in [0.1, 0.15) is 0 Å². The lowest BCUT2D eigenvalue weighted by Gasteiger charge is -2.32. The van der Waals surface area contributed by atoms with Gasteiger partial charge in [0.05, 0.1) is 12.2 Å². The maximum Gasteiger partial charge on any atom is 0.446 e. The van der Waals surface area contributed by atoms with Crippen LogP contribution >= 0.6 is 11.8 Å². The number of nitrogens with zero attached hydrogens (tertiary/aromatic N) is 4. The van der Waals surface area contributed by atoms with Gasteiger partial charge in [-0.25, -0.2) is 0 Å². The van der Waals surface area contributed by atoms with E-state index in [1.54, 1.807) is 24.3 Å². The number of fused-ring (bicyclic) bond motifs is 1. The standard InChI is InChI=1S/C27H31F3N4S/c1-26(2)18-33(21-9-11-22(12-10-21)35-27(28,29)30)19-34(26)17-20-13-14-31-23-7-6-8-24(25(20)23)32-15-4-3-5-16-32/h6-14H,3-5,15-19H2,1-2H3. The van der Waals surface area contributed by atoms with Crippen LogP contribution in [-0.2, 0) is 6.54 Å². The number of hydrogen-bond donors (Lipinski definition) is 0. The number of hydrogen-bond acceptors (Lipinski definition) is 5. The van der Waals surface area contributed by atoms with Gasteiger partial charge < -0.3 is 9.80 Å². The second-order valence-corrected chi connectivity index (χ2v) is 11.2. The highest BCUT2D eigenvalue weighted by Gasteiger charge is 2.37. The third kappa shape index (κ3) is 5.38. The zero-order chi connectivity index (χ0) is 24.6. The minimum atomic E-state index is -4.27. The SMILES string of the molecule is CC1(C)CN(c2ccc(SC(F)(F)F)cc2)CN1Cc1ccnc2cccc(N3CCCCC3)c12. The van der Waals surface area contributed by atoms with Crippen molar-refractivity contribution in [1.82, 2.24) is 9.88 Å². The second kappa shape index (κ2) is 9.54. The Morgan fingerprint density at radius 3 is 2.40 bits per heavy atom. The molecule has 0 atom stereocenters. The van der Waals surface area contributed by atoms with Crippen molar-refractivity contribution in [1.29, 1.82) is 0 Å². The lowest BCUT2D eigenvalue weighted by Crippen LogP contribution is -2.39. The average Bonchev–Trinajstić information content (AvgIpc) is 3.12. The van der Waals surface area contributed by atoms with Crippen molar-refractivity contribution in [3.63, 3.8) is 0 Å². The van der Waals surface area contributed by atoms with E-state index in [0.29, 0.717) is 6.67 Å². The van der Waals surface area contributed by atoms with E-state index in [4.69, 9.17) is 0 Å². The molecule has 0 saturated carbocycles. The summed E-state index contributed by atoms with van der Waals surface area (Å²) in [7, 11) is 0. The van der Waals surface area contributed by atoms with Gasteiger partial charge >= 0.3 is 5.51 Å². The fourth-order valence-electron chi connectivity index (χ4n) is 5.30. The van der Waals surface area contributed by atoms with Crippen LogP contribution < -0.4 is 9.80 Å². The molecule has 35 heavy (non-hydrogen) atoms. The molecule has 186 valence electrons. The Labute approximate surface area is 209 Å². The molecule has 2 aliphatic heterocycles. The lowest BCUT2D eigenvalue weighted by atomic mass is 10.0. The van der Waals surface area contributed by atoms with E-state index in [1.165, 1.54) is 35.9 Å². The highest BCUT2D eigenvalue weighted by Crippen LogP contribution is 2.39. The molecule has 0 spiro atoms. The molecule has 4 nitrogen and oxygen atoms in total. The molecule has 2 aliphatic rings. The molecule has 1 aromatic heterocycles. The van der Waals surface area contributed by atoms with Crippen LogP contribution in [0.2, 0.25) is 0 Å². The molecule has 0 aliphatic carbocycles. The zero-order valence-corrected chi connectivity index (χ0v) is 21.0. The van der Waals surface area contributed by atoms with Crippen LogP contribution in [0, 0.1) is 0 Å². The monoisotopic (exact) mass is 500 g/mol. The molecule has 0 bridgehead atoms. The van der Waals surface area contributed by atoms with Gasteiger partial charge in [0.25, 0.3) is 0 Å². The Kier molecular flexibility index (Phi) is 6.61. The summed E-state index contributed by atoms with van der Waals surface area (Å²) in [6.45, 7) is 8.94. The van der Waals surface area contributed by atoms with Gasteiger partial charge in [-0.15, -0.1) is 0 Å². The van der Waals surface area contributed by atoms with Gasteiger partial charge in [0, 0.05) is 59.6 Å². The normalized spacial score (nSPS) is 19.0. The van der Waals surface area contributed by atoms with E-state index >= 15 is 0 Å². The Hall–Kier alpha value is -2.45. The first-order valence-corrected chi connectivity index (χ1v) is 13.0. The zero-order valence-electron chi connectivity index (χ0n) is 20.2. The molecule has 0 radical (unpaired) electrons. The number of halogens is 3. The maximum atomic E-state index is 12.7. The summed E-state index contributed by atoms with van der Waals surface area (Å²) in [6.07, 6.45) is 5.64. The molecule has 0 N–H and O–H groups in total. The Bertz CT molecular complexity index is 1170. The minimum absolute atomic E-state index is 0.0707. The molecule has 5 rings (SSSR count). The van der Waals surface area contributed by atoms with Crippen molar-refractivity contribution in [3.8, 4) is 0 Å². The van der Waals surface area contributed by atoms with Crippen molar-refractivity contribution in [2.24, 2.45) is 0 Å². The van der Waals surface area contributed by atoms with Gasteiger partial charge in [-0.05, 0) is 92.9 Å². The van der Waals surface area contributed by atoms with Crippen molar-refractivity contribution in [2.75, 3.05) is 36.1 Å². The summed E-state index contributed by atoms with van der Waals surface area (Å²) in [6, 6.07) is 15.3. The van der Waals surface area contributed by atoms with Crippen molar-refractivity contribution < 1.29 is 13.2 Å². The first-order chi connectivity index (χ1) is 16.7. The highest BCUT2D eigenvalue weighted by molar-refractivity contribution is 8.00. The molecule has 8 heteroatoms. The number of anilines is 2. The molecule has 2 saturated heterocycles. The number of thioether (sulfide) groups is 1. The van der Waals surface area contributed by atoms with Crippen LogP contribution in [0.15, 0.2) is 59.6 Å². The number of piperidine rings is 1. The molecule has 0 unspecified atom stereocenters. The molecular formula is C27H31F3N4S. The minimum Gasteiger partial charge on any atom is -0.371 e. The van der Waals surface area contributed by atoms with E-state index in [2.05, 4.69) is 57.8 Å². The Balaban J connectivity index is 1.39. The number of pyridine rings is 1. The summed E-state index contributed by atoms with van der Waals surface area (Å²) in [5.41, 5.74) is 0.154. The number of benzene rings is 2. The smallest absolute Gasteiger partial charge is 0.371 e. The summed E-state index contributed by atoms with van der Waals surface area (Å²) in [5.74, 6) is 0. The summed E-state index contributed by atoms with van der Waals surface area (Å²) >= 11 is -0.0707. The molecule has 3 heterocycles. The maximum absolute atomic E-state index is 12.7. The number of alkyl halides is 3. The molecule has 2 fully saturated rings. The summed E-state index contributed by atoms with van der Waals surface area (Å²) in [4.78, 5) is 12.1. The third-order valence-corrected chi connectivity index (χ3v) is 7.84. The Morgan fingerprint density at radius 2 is 1.69 bits per heavy atom. The summed E-state index contributed by atoms with van der Waals surface area (Å²) < 4.78 is 38.1. The fraction of sp³-hybridized carbons (Fsp3) is 0.444. The quantitative estimate of drug-likeness (QED) is 0.355. The van der Waals surface area contributed by atoms with Crippen molar-refractivity contribution in [2.45, 2.75) is 55.6 Å². The highest BCUT2D eigenvalue weighted by atomic mass is 32.2. The van der Waals surface area contributed by atoms with Gasteiger partial charge in [0.2, 0.25) is 0 Å². The topological polar surface area (TPSA) is 22.6 Å². The first-order valence-electron chi connectivity index (χ1n) is 12.2.